The molecule has 1 fully saturated rings. The number of fused-ring (bicyclic) bond motifs is 3. The molecule has 3 aromatic carbocycles. The van der Waals surface area contributed by atoms with Crippen molar-refractivity contribution in [1.29, 1.82) is 0 Å². The lowest BCUT2D eigenvalue weighted by Crippen LogP contribution is -2.41. The molecule has 170 valence electrons. The van der Waals surface area contributed by atoms with E-state index in [1.165, 1.54) is 10.8 Å². The third-order valence-electron chi connectivity index (χ3n) is 6.89. The molecule has 0 radical (unpaired) electrons. The summed E-state index contributed by atoms with van der Waals surface area (Å²) in [6.07, 6.45) is 0. The van der Waals surface area contributed by atoms with Gasteiger partial charge in [-0.25, -0.2) is 0 Å². The zero-order chi connectivity index (χ0) is 23.4. The molecule has 2 heterocycles. The van der Waals surface area contributed by atoms with E-state index < -0.39 is 18.3 Å². The van der Waals surface area contributed by atoms with Crippen LogP contribution in [0.5, 0.6) is 5.75 Å². The van der Waals surface area contributed by atoms with E-state index in [-0.39, 0.29) is 6.79 Å². The minimum Gasteiger partial charge on any atom is -0.466 e. The summed E-state index contributed by atoms with van der Waals surface area (Å²) in [5.74, 6) is 0.701. The Kier molecular flexibility index (Phi) is 5.28. The van der Waals surface area contributed by atoms with E-state index in [1.54, 1.807) is 7.11 Å². The van der Waals surface area contributed by atoms with Gasteiger partial charge in [0, 0.05) is 23.3 Å². The average molecular weight is 443 g/mol. The first-order valence-electron chi connectivity index (χ1n) is 11.3. The summed E-state index contributed by atoms with van der Waals surface area (Å²) in [5, 5.41) is 2.40. The Morgan fingerprint density at radius 2 is 1.39 bits per heavy atom. The van der Waals surface area contributed by atoms with Crippen molar-refractivity contribution >= 4 is 34.4 Å². The summed E-state index contributed by atoms with van der Waals surface area (Å²) >= 11 is 0. The molecule has 0 saturated carbocycles. The number of benzene rings is 3. The second-order valence-electron chi connectivity index (χ2n) is 9.71. The summed E-state index contributed by atoms with van der Waals surface area (Å²) in [4.78, 5) is 0. The van der Waals surface area contributed by atoms with E-state index in [0.717, 1.165) is 27.7 Å². The summed E-state index contributed by atoms with van der Waals surface area (Å²) in [7, 11) is 1.08. The van der Waals surface area contributed by atoms with Gasteiger partial charge in [-0.3, -0.25) is 0 Å². The van der Waals surface area contributed by atoms with Crippen molar-refractivity contribution in [2.24, 2.45) is 0 Å². The van der Waals surface area contributed by atoms with Crippen LogP contribution in [-0.4, -0.2) is 36.8 Å². The van der Waals surface area contributed by atoms with Crippen LogP contribution in [0, 0.1) is 6.92 Å². The molecule has 1 aliphatic heterocycles. The minimum absolute atomic E-state index is 0.125. The first-order chi connectivity index (χ1) is 15.7. The SMILES string of the molecule is COCOc1c(B2OC(C)(C)C(C)(C)O2)cc(C)cc1-n1c2ccccc2c2ccccc21. The molecule has 5 rings (SSSR count). The zero-order valence-electron chi connectivity index (χ0n) is 20.1. The molecule has 1 aliphatic rings. The van der Waals surface area contributed by atoms with E-state index in [0.29, 0.717) is 5.75 Å². The van der Waals surface area contributed by atoms with Gasteiger partial charge in [0.25, 0.3) is 0 Å². The maximum absolute atomic E-state index is 6.42. The van der Waals surface area contributed by atoms with Crippen molar-refractivity contribution in [2.45, 2.75) is 45.8 Å². The zero-order valence-corrected chi connectivity index (χ0v) is 20.1. The lowest BCUT2D eigenvalue weighted by atomic mass is 9.77. The maximum Gasteiger partial charge on any atom is 0.498 e. The summed E-state index contributed by atoms with van der Waals surface area (Å²) in [5.41, 5.74) is 4.23. The quantitative estimate of drug-likeness (QED) is 0.307. The van der Waals surface area contributed by atoms with E-state index >= 15 is 0 Å². The van der Waals surface area contributed by atoms with Gasteiger partial charge in [-0.15, -0.1) is 0 Å². The monoisotopic (exact) mass is 443 g/mol. The molecule has 0 atom stereocenters. The number of nitrogens with zero attached hydrogens (tertiary/aromatic N) is 1. The molecule has 4 aromatic rings. The van der Waals surface area contributed by atoms with Gasteiger partial charge in [-0.2, -0.15) is 0 Å². The lowest BCUT2D eigenvalue weighted by Gasteiger charge is -2.32. The topological polar surface area (TPSA) is 41.9 Å². The van der Waals surface area contributed by atoms with Crippen LogP contribution in [0.2, 0.25) is 0 Å². The largest absolute Gasteiger partial charge is 0.498 e. The van der Waals surface area contributed by atoms with Crippen LogP contribution in [-0.2, 0) is 14.0 Å². The molecular weight excluding hydrogens is 413 g/mol. The Bertz CT molecular complexity index is 1270. The predicted molar refractivity (Wildman–Crippen MR) is 134 cm³/mol. The first kappa shape index (κ1) is 22.0. The lowest BCUT2D eigenvalue weighted by molar-refractivity contribution is 0.00578. The molecule has 0 N–H and O–H groups in total. The molecule has 1 saturated heterocycles. The Hall–Kier alpha value is -2.80. The molecule has 0 aliphatic carbocycles. The number of para-hydroxylation sites is 2. The molecule has 0 unspecified atom stereocenters. The fourth-order valence-electron chi connectivity index (χ4n) is 4.55. The van der Waals surface area contributed by atoms with Crippen molar-refractivity contribution in [2.75, 3.05) is 13.9 Å². The third kappa shape index (κ3) is 3.53. The summed E-state index contributed by atoms with van der Waals surface area (Å²) in [6.45, 7) is 10.5. The fourth-order valence-corrected chi connectivity index (χ4v) is 4.55. The van der Waals surface area contributed by atoms with Gasteiger partial charge in [0.05, 0.1) is 27.9 Å². The van der Waals surface area contributed by atoms with Crippen molar-refractivity contribution < 1.29 is 18.8 Å². The molecule has 33 heavy (non-hydrogen) atoms. The highest BCUT2D eigenvalue weighted by Gasteiger charge is 2.52. The highest BCUT2D eigenvalue weighted by atomic mass is 16.7. The number of hydrogen-bond acceptors (Lipinski definition) is 4. The Balaban J connectivity index is 1.79. The second-order valence-corrected chi connectivity index (χ2v) is 9.71. The summed E-state index contributed by atoms with van der Waals surface area (Å²) in [6, 6.07) is 21.1. The first-order valence-corrected chi connectivity index (χ1v) is 11.3. The van der Waals surface area contributed by atoms with E-state index in [9.17, 15) is 0 Å². The van der Waals surface area contributed by atoms with Crippen molar-refractivity contribution in [1.82, 2.24) is 4.57 Å². The van der Waals surface area contributed by atoms with Crippen molar-refractivity contribution in [3.63, 3.8) is 0 Å². The van der Waals surface area contributed by atoms with Crippen LogP contribution < -0.4 is 10.2 Å². The smallest absolute Gasteiger partial charge is 0.466 e. The predicted octanol–water partition coefficient (Wildman–Crippen LogP) is 5.37. The average Bonchev–Trinajstić information content (AvgIpc) is 3.22. The standard InChI is InChI=1S/C27H30BNO4/c1-18-15-21(28-32-26(2,3)27(4,5)33-28)25(31-17-30-6)24(16-18)29-22-13-9-7-11-19(22)20-12-8-10-14-23(20)29/h7-16H,17H2,1-6H3. The molecule has 1 aromatic heterocycles. The van der Waals surface area contributed by atoms with Crippen LogP contribution >= 0.6 is 0 Å². The number of rotatable bonds is 5. The normalized spacial score (nSPS) is 17.2. The van der Waals surface area contributed by atoms with Crippen LogP contribution in [0.3, 0.4) is 0 Å². The number of methoxy groups -OCH3 is 1. The molecule has 6 heteroatoms. The third-order valence-corrected chi connectivity index (χ3v) is 6.89. The van der Waals surface area contributed by atoms with Gasteiger partial charge in [0.1, 0.15) is 5.75 Å². The van der Waals surface area contributed by atoms with Crippen molar-refractivity contribution in [3.05, 3.63) is 66.2 Å². The minimum atomic E-state index is -0.548. The Morgan fingerprint density at radius 3 is 1.94 bits per heavy atom. The molecule has 0 spiro atoms. The Labute approximate surface area is 195 Å². The highest BCUT2D eigenvalue weighted by Crippen LogP contribution is 2.39. The van der Waals surface area contributed by atoms with E-state index in [1.807, 2.05) is 0 Å². The van der Waals surface area contributed by atoms with Crippen LogP contribution in [0.1, 0.15) is 33.3 Å². The molecular formula is C27H30BNO4. The number of ether oxygens (including phenoxy) is 2. The van der Waals surface area contributed by atoms with E-state index in [2.05, 4.69) is 99.8 Å². The Morgan fingerprint density at radius 1 is 0.848 bits per heavy atom. The molecule has 5 nitrogen and oxygen atoms in total. The van der Waals surface area contributed by atoms with Gasteiger partial charge in [-0.05, 0) is 58.4 Å². The van der Waals surface area contributed by atoms with Crippen LogP contribution in [0.15, 0.2) is 60.7 Å². The van der Waals surface area contributed by atoms with Gasteiger partial charge < -0.3 is 23.3 Å². The van der Waals surface area contributed by atoms with Gasteiger partial charge in [0.15, 0.2) is 6.79 Å². The summed E-state index contributed by atoms with van der Waals surface area (Å²) < 4.78 is 26.7. The molecule has 0 bridgehead atoms. The number of aryl methyl sites for hydroxylation is 1. The molecule has 0 amide bonds. The van der Waals surface area contributed by atoms with Crippen LogP contribution in [0.4, 0.5) is 0 Å². The fraction of sp³-hybridized carbons (Fsp3) is 0.333. The number of hydrogen-bond donors (Lipinski definition) is 0. The van der Waals surface area contributed by atoms with Crippen LogP contribution in [0.25, 0.3) is 27.5 Å². The highest BCUT2D eigenvalue weighted by molar-refractivity contribution is 6.63. The van der Waals surface area contributed by atoms with E-state index in [4.69, 9.17) is 18.8 Å². The number of aromatic nitrogens is 1. The van der Waals surface area contributed by atoms with Crippen molar-refractivity contribution in [3.8, 4) is 11.4 Å². The van der Waals surface area contributed by atoms with Gasteiger partial charge >= 0.3 is 7.12 Å². The van der Waals surface area contributed by atoms with Gasteiger partial charge in [0.2, 0.25) is 0 Å². The van der Waals surface area contributed by atoms with Gasteiger partial charge in [-0.1, -0.05) is 42.5 Å². The maximum atomic E-state index is 6.42. The second kappa shape index (κ2) is 7.91.